The summed E-state index contributed by atoms with van der Waals surface area (Å²) in [6.07, 6.45) is 5.47. The van der Waals surface area contributed by atoms with Crippen LogP contribution in [0.5, 0.6) is 11.5 Å². The Bertz CT molecular complexity index is 454. The molecular weight excluding hydrogens is 226 g/mol. The third kappa shape index (κ3) is 2.51. The van der Waals surface area contributed by atoms with Crippen LogP contribution < -0.4 is 14.8 Å². The molecule has 0 atom stereocenters. The van der Waals surface area contributed by atoms with E-state index in [2.05, 4.69) is 23.5 Å². The van der Waals surface area contributed by atoms with E-state index in [1.54, 1.807) is 0 Å². The predicted molar refractivity (Wildman–Crippen MR) is 72.1 cm³/mol. The summed E-state index contributed by atoms with van der Waals surface area (Å²) in [6, 6.07) is 6.30. The molecule has 0 saturated heterocycles. The summed E-state index contributed by atoms with van der Waals surface area (Å²) in [5, 5.41) is 3.41. The lowest BCUT2D eigenvalue weighted by molar-refractivity contribution is 0.297. The standard InChI is InChI=1S/C15H19NO2/c1-3-12(6-8-16-7-1)13-4-5-14-15(11-13)18-10-2-9-17-14/h3-5,11,16H,1-2,6-10H2. The van der Waals surface area contributed by atoms with E-state index in [1.165, 1.54) is 11.1 Å². The van der Waals surface area contributed by atoms with E-state index in [0.29, 0.717) is 0 Å². The second-order valence-electron chi connectivity index (χ2n) is 4.73. The second-order valence-corrected chi connectivity index (χ2v) is 4.73. The molecule has 0 fully saturated rings. The van der Waals surface area contributed by atoms with Crippen LogP contribution in [0.4, 0.5) is 0 Å². The first-order valence-electron chi connectivity index (χ1n) is 6.73. The van der Waals surface area contributed by atoms with Crippen LogP contribution in [0.15, 0.2) is 24.3 Å². The van der Waals surface area contributed by atoms with E-state index >= 15 is 0 Å². The highest BCUT2D eigenvalue weighted by molar-refractivity contribution is 5.68. The molecule has 96 valence electrons. The maximum absolute atomic E-state index is 5.74. The molecule has 18 heavy (non-hydrogen) atoms. The van der Waals surface area contributed by atoms with Crippen LogP contribution in [0, 0.1) is 0 Å². The second kappa shape index (κ2) is 5.44. The fourth-order valence-electron chi connectivity index (χ4n) is 2.42. The van der Waals surface area contributed by atoms with Gasteiger partial charge in [0.15, 0.2) is 11.5 Å². The Labute approximate surface area is 108 Å². The first-order valence-corrected chi connectivity index (χ1v) is 6.73. The molecule has 0 unspecified atom stereocenters. The van der Waals surface area contributed by atoms with Gasteiger partial charge < -0.3 is 14.8 Å². The average Bonchev–Trinajstić information content (AvgIpc) is 2.80. The number of hydrogen-bond acceptors (Lipinski definition) is 3. The number of hydrogen-bond donors (Lipinski definition) is 1. The normalized spacial score (nSPS) is 19.7. The Morgan fingerprint density at radius 2 is 1.89 bits per heavy atom. The van der Waals surface area contributed by atoms with Crippen molar-refractivity contribution in [2.45, 2.75) is 19.3 Å². The van der Waals surface area contributed by atoms with E-state index in [4.69, 9.17) is 9.47 Å². The van der Waals surface area contributed by atoms with Gasteiger partial charge in [0.2, 0.25) is 0 Å². The molecule has 2 aliphatic heterocycles. The van der Waals surface area contributed by atoms with Gasteiger partial charge in [0.25, 0.3) is 0 Å². The molecule has 3 heteroatoms. The van der Waals surface area contributed by atoms with E-state index in [-0.39, 0.29) is 0 Å². The van der Waals surface area contributed by atoms with Gasteiger partial charge in [0.05, 0.1) is 13.2 Å². The molecule has 2 heterocycles. The maximum Gasteiger partial charge on any atom is 0.161 e. The number of benzene rings is 1. The average molecular weight is 245 g/mol. The maximum atomic E-state index is 5.74. The summed E-state index contributed by atoms with van der Waals surface area (Å²) in [6.45, 7) is 3.63. The number of nitrogens with one attached hydrogen (secondary N) is 1. The summed E-state index contributed by atoms with van der Waals surface area (Å²) in [5.74, 6) is 1.77. The third-order valence-electron chi connectivity index (χ3n) is 3.40. The highest BCUT2D eigenvalue weighted by Gasteiger charge is 2.12. The van der Waals surface area contributed by atoms with Gasteiger partial charge in [-0.15, -0.1) is 0 Å². The molecule has 0 saturated carbocycles. The summed E-state index contributed by atoms with van der Waals surface area (Å²) in [5.41, 5.74) is 2.68. The SMILES string of the molecule is C1=C(c2ccc3c(c2)OCCCO3)CCNCC1. The van der Waals surface area contributed by atoms with Crippen LogP contribution in [0.1, 0.15) is 24.8 Å². The Hall–Kier alpha value is -1.48. The molecule has 3 nitrogen and oxygen atoms in total. The van der Waals surface area contributed by atoms with Crippen molar-refractivity contribution in [3.63, 3.8) is 0 Å². The van der Waals surface area contributed by atoms with Crippen molar-refractivity contribution in [1.29, 1.82) is 0 Å². The van der Waals surface area contributed by atoms with Gasteiger partial charge in [-0.05, 0) is 49.2 Å². The number of rotatable bonds is 1. The van der Waals surface area contributed by atoms with Gasteiger partial charge in [-0.3, -0.25) is 0 Å². The zero-order chi connectivity index (χ0) is 12.2. The molecule has 1 N–H and O–H groups in total. The molecule has 0 aromatic heterocycles. The molecule has 0 aliphatic carbocycles. The van der Waals surface area contributed by atoms with Gasteiger partial charge in [-0.1, -0.05) is 12.1 Å². The molecular formula is C15H19NO2. The largest absolute Gasteiger partial charge is 0.490 e. The molecule has 2 aliphatic rings. The fraction of sp³-hybridized carbons (Fsp3) is 0.467. The van der Waals surface area contributed by atoms with Crippen LogP contribution in [0.2, 0.25) is 0 Å². The zero-order valence-electron chi connectivity index (χ0n) is 10.6. The van der Waals surface area contributed by atoms with Crippen LogP contribution >= 0.6 is 0 Å². The highest BCUT2D eigenvalue weighted by atomic mass is 16.5. The summed E-state index contributed by atoms with van der Waals surface area (Å²) in [4.78, 5) is 0. The van der Waals surface area contributed by atoms with Gasteiger partial charge >= 0.3 is 0 Å². The van der Waals surface area contributed by atoms with Gasteiger partial charge in [-0.2, -0.15) is 0 Å². The minimum atomic E-state index is 0.747. The van der Waals surface area contributed by atoms with Crippen molar-refractivity contribution in [1.82, 2.24) is 5.32 Å². The van der Waals surface area contributed by atoms with Crippen LogP contribution in [0.3, 0.4) is 0 Å². The first kappa shape index (κ1) is 11.6. The monoisotopic (exact) mass is 245 g/mol. The molecule has 0 radical (unpaired) electrons. The van der Waals surface area contributed by atoms with Crippen molar-refractivity contribution in [3.8, 4) is 11.5 Å². The van der Waals surface area contributed by atoms with Gasteiger partial charge in [0, 0.05) is 6.42 Å². The lowest BCUT2D eigenvalue weighted by Crippen LogP contribution is -2.13. The van der Waals surface area contributed by atoms with Crippen LogP contribution in [-0.2, 0) is 0 Å². The third-order valence-corrected chi connectivity index (χ3v) is 3.40. The van der Waals surface area contributed by atoms with Gasteiger partial charge in [0.1, 0.15) is 0 Å². The Morgan fingerprint density at radius 3 is 2.83 bits per heavy atom. The number of ether oxygens (including phenoxy) is 2. The molecule has 0 amide bonds. The summed E-state index contributed by atoms with van der Waals surface area (Å²) in [7, 11) is 0. The topological polar surface area (TPSA) is 30.5 Å². The van der Waals surface area contributed by atoms with Crippen molar-refractivity contribution in [3.05, 3.63) is 29.8 Å². The molecule has 0 spiro atoms. The minimum Gasteiger partial charge on any atom is -0.490 e. The molecule has 0 bridgehead atoms. The lowest BCUT2D eigenvalue weighted by atomic mass is 10.0. The van der Waals surface area contributed by atoms with Gasteiger partial charge in [-0.25, -0.2) is 0 Å². The van der Waals surface area contributed by atoms with Crippen molar-refractivity contribution in [2.75, 3.05) is 26.3 Å². The van der Waals surface area contributed by atoms with Crippen molar-refractivity contribution < 1.29 is 9.47 Å². The Balaban J connectivity index is 1.88. The van der Waals surface area contributed by atoms with E-state index in [0.717, 1.165) is 57.1 Å². The van der Waals surface area contributed by atoms with Crippen molar-refractivity contribution in [2.24, 2.45) is 0 Å². The Kier molecular flexibility index (Phi) is 3.51. The van der Waals surface area contributed by atoms with Crippen LogP contribution in [0.25, 0.3) is 5.57 Å². The van der Waals surface area contributed by atoms with E-state index in [1.807, 2.05) is 6.07 Å². The zero-order valence-corrected chi connectivity index (χ0v) is 10.6. The fourth-order valence-corrected chi connectivity index (χ4v) is 2.42. The molecule has 1 aromatic carbocycles. The number of fused-ring (bicyclic) bond motifs is 1. The highest BCUT2D eigenvalue weighted by Crippen LogP contribution is 2.33. The quantitative estimate of drug-likeness (QED) is 0.825. The minimum absolute atomic E-state index is 0.747. The summed E-state index contributed by atoms with van der Waals surface area (Å²) >= 11 is 0. The van der Waals surface area contributed by atoms with Crippen LogP contribution in [-0.4, -0.2) is 26.3 Å². The first-order chi connectivity index (χ1) is 8.93. The summed E-state index contributed by atoms with van der Waals surface area (Å²) < 4.78 is 11.4. The van der Waals surface area contributed by atoms with Crippen molar-refractivity contribution >= 4 is 5.57 Å². The van der Waals surface area contributed by atoms with E-state index < -0.39 is 0 Å². The lowest BCUT2D eigenvalue weighted by Gasteiger charge is -2.11. The molecule has 3 rings (SSSR count). The van der Waals surface area contributed by atoms with E-state index in [9.17, 15) is 0 Å². The Morgan fingerprint density at radius 1 is 1.00 bits per heavy atom. The molecule has 1 aromatic rings. The predicted octanol–water partition coefficient (Wildman–Crippen LogP) is 2.61. The smallest absolute Gasteiger partial charge is 0.161 e.